The van der Waals surface area contributed by atoms with E-state index in [9.17, 15) is 14.4 Å². The highest BCUT2D eigenvalue weighted by molar-refractivity contribution is 7.15. The van der Waals surface area contributed by atoms with Gasteiger partial charge in [-0.25, -0.2) is 9.38 Å². The molecule has 0 fully saturated rings. The molecule has 0 spiro atoms. The number of nitrogens with one attached hydrogen (secondary N) is 1. The van der Waals surface area contributed by atoms with Crippen molar-refractivity contribution in [2.75, 3.05) is 23.4 Å². The molecule has 0 unspecified atom stereocenters. The van der Waals surface area contributed by atoms with Gasteiger partial charge in [-0.05, 0) is 49.4 Å². The van der Waals surface area contributed by atoms with Gasteiger partial charge in [0.1, 0.15) is 16.8 Å². The third kappa shape index (κ3) is 3.52. The minimum Gasteiger partial charge on any atom is -0.494 e. The molecule has 3 aromatic carbocycles. The van der Waals surface area contributed by atoms with Crippen molar-refractivity contribution in [3.8, 4) is 5.75 Å². The molecular formula is C27H20N4O4S. The van der Waals surface area contributed by atoms with Gasteiger partial charge in [-0.15, -0.1) is 0 Å². The summed E-state index contributed by atoms with van der Waals surface area (Å²) in [5.74, 6) is -0.0243. The minimum atomic E-state index is -0.385. The summed E-state index contributed by atoms with van der Waals surface area (Å²) in [5, 5.41) is 2.82. The fraction of sp³-hybridized carbons (Fsp3) is 0.111. The average molecular weight is 497 g/mol. The van der Waals surface area contributed by atoms with E-state index < -0.39 is 0 Å². The van der Waals surface area contributed by atoms with Gasteiger partial charge >= 0.3 is 0 Å². The predicted octanol–water partition coefficient (Wildman–Crippen LogP) is 3.21. The van der Waals surface area contributed by atoms with Crippen molar-refractivity contribution >= 4 is 56.1 Å². The van der Waals surface area contributed by atoms with Gasteiger partial charge in [0.2, 0.25) is 5.91 Å². The number of fused-ring (bicyclic) bond motifs is 4. The van der Waals surface area contributed by atoms with Crippen molar-refractivity contribution in [2.24, 2.45) is 0 Å². The number of nitrogens with zero attached hydrogens (tertiary/aromatic N) is 3. The largest absolute Gasteiger partial charge is 0.494 e. The first-order chi connectivity index (χ1) is 17.5. The van der Waals surface area contributed by atoms with Crippen LogP contribution in [0.5, 0.6) is 5.75 Å². The Labute approximate surface area is 209 Å². The van der Waals surface area contributed by atoms with Crippen molar-refractivity contribution < 1.29 is 14.3 Å². The maximum Gasteiger partial charge on any atom is 0.275 e. The van der Waals surface area contributed by atoms with E-state index in [2.05, 4.69) is 10.3 Å². The van der Waals surface area contributed by atoms with Crippen LogP contribution in [-0.4, -0.2) is 34.4 Å². The number of rotatable bonds is 5. The molecule has 5 aromatic rings. The molecule has 0 saturated heterocycles. The molecule has 6 rings (SSSR count). The second kappa shape index (κ2) is 8.62. The van der Waals surface area contributed by atoms with Gasteiger partial charge in [0, 0.05) is 11.3 Å². The number of carbonyl (C=O) groups is 2. The molecule has 0 radical (unpaired) electrons. The molecule has 0 atom stereocenters. The van der Waals surface area contributed by atoms with Gasteiger partial charge in [-0.2, -0.15) is 0 Å². The Morgan fingerprint density at radius 3 is 2.56 bits per heavy atom. The number of aromatic nitrogens is 2. The van der Waals surface area contributed by atoms with Gasteiger partial charge in [0.05, 0.1) is 28.9 Å². The number of amides is 2. The quantitative estimate of drug-likeness (QED) is 0.403. The maximum absolute atomic E-state index is 13.6. The Hall–Kier alpha value is -4.50. The molecule has 1 N–H and O–H groups in total. The lowest BCUT2D eigenvalue weighted by Crippen LogP contribution is -2.37. The minimum absolute atomic E-state index is 0.188. The number of anilines is 2. The molecule has 2 amide bonds. The summed E-state index contributed by atoms with van der Waals surface area (Å²) in [5.41, 5.74) is 3.25. The first kappa shape index (κ1) is 22.0. The second-order valence-corrected chi connectivity index (χ2v) is 9.22. The van der Waals surface area contributed by atoms with Gasteiger partial charge in [-0.3, -0.25) is 19.3 Å². The predicted molar refractivity (Wildman–Crippen MR) is 140 cm³/mol. The SMILES string of the molecule is CCOc1ccc(NC(=O)CN2C(=O)C(=c3sc4nc5ccccc5n4c3=O)c3ccccc32)cc1. The summed E-state index contributed by atoms with van der Waals surface area (Å²) >= 11 is 1.19. The number of hydrogen-bond acceptors (Lipinski definition) is 6. The highest BCUT2D eigenvalue weighted by Crippen LogP contribution is 2.35. The number of hydrogen-bond donors (Lipinski definition) is 1. The van der Waals surface area contributed by atoms with Crippen LogP contribution < -0.4 is 25.0 Å². The lowest BCUT2D eigenvalue weighted by atomic mass is 10.1. The van der Waals surface area contributed by atoms with Crippen LogP contribution in [0.1, 0.15) is 12.5 Å². The summed E-state index contributed by atoms with van der Waals surface area (Å²) in [4.78, 5) is 46.4. The summed E-state index contributed by atoms with van der Waals surface area (Å²) in [6.45, 7) is 2.27. The molecule has 0 bridgehead atoms. The smallest absolute Gasteiger partial charge is 0.275 e. The van der Waals surface area contributed by atoms with E-state index >= 15 is 0 Å². The zero-order chi connectivity index (χ0) is 24.8. The molecule has 9 heteroatoms. The van der Waals surface area contributed by atoms with Crippen LogP contribution in [0.25, 0.3) is 21.6 Å². The van der Waals surface area contributed by atoms with E-state index in [0.717, 1.165) is 5.52 Å². The third-order valence-corrected chi connectivity index (χ3v) is 7.06. The Morgan fingerprint density at radius 1 is 1.00 bits per heavy atom. The van der Waals surface area contributed by atoms with E-state index in [1.54, 1.807) is 46.9 Å². The van der Waals surface area contributed by atoms with Crippen LogP contribution in [0, 0.1) is 0 Å². The molecule has 36 heavy (non-hydrogen) atoms. The topological polar surface area (TPSA) is 93.0 Å². The Morgan fingerprint density at radius 2 is 1.75 bits per heavy atom. The van der Waals surface area contributed by atoms with Gasteiger partial charge in [0.25, 0.3) is 11.5 Å². The molecule has 3 heterocycles. The third-order valence-electron chi connectivity index (χ3n) is 6.02. The van der Waals surface area contributed by atoms with Gasteiger partial charge in [-0.1, -0.05) is 41.7 Å². The van der Waals surface area contributed by atoms with Crippen molar-refractivity contribution in [2.45, 2.75) is 6.92 Å². The molecule has 0 aliphatic carbocycles. The Balaban J connectivity index is 1.37. The van der Waals surface area contributed by atoms with Gasteiger partial charge < -0.3 is 10.1 Å². The number of thiazole rings is 1. The summed E-state index contributed by atoms with van der Waals surface area (Å²) < 4.78 is 7.29. The van der Waals surface area contributed by atoms with Crippen molar-refractivity contribution in [1.29, 1.82) is 0 Å². The molecule has 2 aromatic heterocycles. The Bertz CT molecular complexity index is 1770. The fourth-order valence-corrected chi connectivity index (χ4v) is 5.54. The highest BCUT2D eigenvalue weighted by Gasteiger charge is 2.35. The van der Waals surface area contributed by atoms with Crippen LogP contribution in [0.2, 0.25) is 0 Å². The number of carbonyl (C=O) groups excluding carboxylic acids is 2. The molecule has 1 aliphatic heterocycles. The van der Waals surface area contributed by atoms with E-state index in [1.807, 2.05) is 37.3 Å². The van der Waals surface area contributed by atoms with Gasteiger partial charge in [0.15, 0.2) is 4.96 Å². The monoisotopic (exact) mass is 496 g/mol. The van der Waals surface area contributed by atoms with Crippen LogP contribution in [-0.2, 0) is 9.59 Å². The van der Waals surface area contributed by atoms with E-state index in [0.29, 0.717) is 49.9 Å². The molecule has 178 valence electrons. The van der Waals surface area contributed by atoms with Crippen LogP contribution in [0.4, 0.5) is 11.4 Å². The standard InChI is InChI=1S/C27H20N4O4S/c1-2-35-17-13-11-16(12-14-17)28-22(32)15-30-20-9-5-3-7-18(20)23(25(30)33)24-26(34)31-21-10-6-4-8-19(21)29-27(31)36-24/h3-14H,2,15H2,1H3,(H,28,32). The number of benzene rings is 3. The number of para-hydroxylation sites is 3. The lowest BCUT2D eigenvalue weighted by Gasteiger charge is -2.16. The highest BCUT2D eigenvalue weighted by atomic mass is 32.1. The summed E-state index contributed by atoms with van der Waals surface area (Å²) in [6.07, 6.45) is 0. The molecule has 0 saturated carbocycles. The molecule has 1 aliphatic rings. The Kier molecular flexibility index (Phi) is 5.26. The normalized spacial score (nSPS) is 14.5. The van der Waals surface area contributed by atoms with E-state index in [1.165, 1.54) is 16.2 Å². The molecule has 8 nitrogen and oxygen atoms in total. The lowest BCUT2D eigenvalue weighted by molar-refractivity contribution is -0.118. The maximum atomic E-state index is 13.6. The number of imidazole rings is 1. The van der Waals surface area contributed by atoms with Crippen LogP contribution >= 0.6 is 11.3 Å². The zero-order valence-electron chi connectivity index (χ0n) is 19.2. The first-order valence-corrected chi connectivity index (χ1v) is 12.2. The first-order valence-electron chi connectivity index (χ1n) is 11.4. The van der Waals surface area contributed by atoms with Crippen molar-refractivity contribution in [1.82, 2.24) is 9.38 Å². The average Bonchev–Trinajstić information content (AvgIpc) is 3.49. The van der Waals surface area contributed by atoms with E-state index in [4.69, 9.17) is 4.74 Å². The van der Waals surface area contributed by atoms with Crippen molar-refractivity contribution in [3.05, 3.63) is 93.2 Å². The zero-order valence-corrected chi connectivity index (χ0v) is 20.0. The molecular weight excluding hydrogens is 476 g/mol. The summed E-state index contributed by atoms with van der Waals surface area (Å²) in [6, 6.07) is 21.6. The van der Waals surface area contributed by atoms with Crippen molar-refractivity contribution in [3.63, 3.8) is 0 Å². The second-order valence-electron chi connectivity index (χ2n) is 8.24. The fourth-order valence-electron chi connectivity index (χ4n) is 4.46. The van der Waals surface area contributed by atoms with Crippen LogP contribution in [0.15, 0.2) is 77.6 Å². The number of ether oxygens (including phenoxy) is 1. The van der Waals surface area contributed by atoms with Crippen LogP contribution in [0.3, 0.4) is 0 Å². The summed E-state index contributed by atoms with van der Waals surface area (Å²) in [7, 11) is 0. The van der Waals surface area contributed by atoms with E-state index in [-0.39, 0.29) is 23.9 Å².